The molecule has 0 atom stereocenters. The maximum atomic E-state index is 12.3. The standard InChI is InChI=1S/C21H28N2O2S/c1-18-7-9-21(10-8-18)26(24,25)22-13-16-23-14-11-20(12-15-23)17-19-5-3-2-4-6-19/h2-10,20,22H,11-17H2,1H3. The van der Waals surface area contributed by atoms with E-state index in [-0.39, 0.29) is 0 Å². The minimum absolute atomic E-state index is 0.338. The van der Waals surface area contributed by atoms with Crippen LogP contribution in [0.3, 0.4) is 0 Å². The predicted octanol–water partition coefficient (Wildman–Crippen LogP) is 3.23. The van der Waals surface area contributed by atoms with Gasteiger partial charge in [0, 0.05) is 13.1 Å². The minimum atomic E-state index is -3.41. The van der Waals surface area contributed by atoms with Gasteiger partial charge in [0.15, 0.2) is 0 Å². The number of piperidine rings is 1. The van der Waals surface area contributed by atoms with Gasteiger partial charge in [0.25, 0.3) is 0 Å². The monoisotopic (exact) mass is 372 g/mol. The van der Waals surface area contributed by atoms with Crippen LogP contribution in [0.1, 0.15) is 24.0 Å². The van der Waals surface area contributed by atoms with Gasteiger partial charge in [0.2, 0.25) is 10.0 Å². The van der Waals surface area contributed by atoms with Gasteiger partial charge in [-0.3, -0.25) is 0 Å². The molecule has 0 spiro atoms. The van der Waals surface area contributed by atoms with Crippen LogP contribution < -0.4 is 4.72 Å². The highest BCUT2D eigenvalue weighted by Crippen LogP contribution is 2.21. The SMILES string of the molecule is Cc1ccc(S(=O)(=O)NCCN2CCC(Cc3ccccc3)CC2)cc1. The summed E-state index contributed by atoms with van der Waals surface area (Å²) in [6, 6.07) is 17.6. The molecule has 0 bridgehead atoms. The fourth-order valence-electron chi connectivity index (χ4n) is 3.50. The number of benzene rings is 2. The Bertz CT molecular complexity index is 781. The number of nitrogens with one attached hydrogen (secondary N) is 1. The van der Waals surface area contributed by atoms with Gasteiger partial charge in [-0.2, -0.15) is 0 Å². The van der Waals surface area contributed by atoms with Crippen molar-refractivity contribution in [1.82, 2.24) is 9.62 Å². The van der Waals surface area contributed by atoms with Crippen LogP contribution in [0.2, 0.25) is 0 Å². The Kier molecular flexibility index (Phi) is 6.46. The molecule has 140 valence electrons. The average molecular weight is 373 g/mol. The number of aryl methyl sites for hydroxylation is 1. The van der Waals surface area contributed by atoms with Crippen LogP contribution in [0.15, 0.2) is 59.5 Å². The maximum absolute atomic E-state index is 12.3. The van der Waals surface area contributed by atoms with E-state index in [0.29, 0.717) is 11.4 Å². The molecule has 1 N–H and O–H groups in total. The minimum Gasteiger partial charge on any atom is -0.302 e. The van der Waals surface area contributed by atoms with Crippen LogP contribution in [0, 0.1) is 12.8 Å². The summed E-state index contributed by atoms with van der Waals surface area (Å²) in [5.41, 5.74) is 2.47. The van der Waals surface area contributed by atoms with Crippen LogP contribution >= 0.6 is 0 Å². The lowest BCUT2D eigenvalue weighted by Crippen LogP contribution is -2.39. The molecule has 2 aromatic rings. The van der Waals surface area contributed by atoms with Gasteiger partial charge in [0.05, 0.1) is 4.90 Å². The lowest BCUT2D eigenvalue weighted by atomic mass is 9.90. The first-order valence-electron chi connectivity index (χ1n) is 9.35. The second-order valence-electron chi connectivity index (χ2n) is 7.19. The first-order valence-corrected chi connectivity index (χ1v) is 10.8. The van der Waals surface area contributed by atoms with E-state index >= 15 is 0 Å². The largest absolute Gasteiger partial charge is 0.302 e. The number of sulfonamides is 1. The van der Waals surface area contributed by atoms with Gasteiger partial charge in [0.1, 0.15) is 0 Å². The molecule has 1 saturated heterocycles. The van der Waals surface area contributed by atoms with Crippen LogP contribution in [-0.4, -0.2) is 39.5 Å². The van der Waals surface area contributed by atoms with Crippen molar-refractivity contribution in [3.05, 3.63) is 65.7 Å². The summed E-state index contributed by atoms with van der Waals surface area (Å²) in [6.07, 6.45) is 3.51. The molecule has 1 aliphatic heterocycles. The van der Waals surface area contributed by atoms with E-state index in [1.165, 1.54) is 18.4 Å². The third-order valence-corrected chi connectivity index (χ3v) is 6.60. The molecule has 5 heteroatoms. The van der Waals surface area contributed by atoms with Crippen molar-refractivity contribution in [3.8, 4) is 0 Å². The molecule has 0 aliphatic carbocycles. The Morgan fingerprint density at radius 1 is 1.00 bits per heavy atom. The van der Waals surface area contributed by atoms with Crippen LogP contribution in [0.5, 0.6) is 0 Å². The number of hydrogen-bond donors (Lipinski definition) is 1. The van der Waals surface area contributed by atoms with Gasteiger partial charge in [-0.15, -0.1) is 0 Å². The van der Waals surface area contributed by atoms with Gasteiger partial charge in [-0.25, -0.2) is 13.1 Å². The van der Waals surface area contributed by atoms with Crippen molar-refractivity contribution in [2.24, 2.45) is 5.92 Å². The fourth-order valence-corrected chi connectivity index (χ4v) is 4.52. The van der Waals surface area contributed by atoms with Gasteiger partial charge >= 0.3 is 0 Å². The summed E-state index contributed by atoms with van der Waals surface area (Å²) in [4.78, 5) is 2.70. The highest BCUT2D eigenvalue weighted by atomic mass is 32.2. The molecule has 1 aliphatic rings. The van der Waals surface area contributed by atoms with Crippen molar-refractivity contribution in [3.63, 3.8) is 0 Å². The van der Waals surface area contributed by atoms with E-state index in [2.05, 4.69) is 40.0 Å². The predicted molar refractivity (Wildman–Crippen MR) is 106 cm³/mol. The van der Waals surface area contributed by atoms with Gasteiger partial charge in [-0.05, 0) is 62.9 Å². The van der Waals surface area contributed by atoms with E-state index in [1.807, 2.05) is 19.1 Å². The first kappa shape index (κ1) is 19.1. The molecule has 26 heavy (non-hydrogen) atoms. The normalized spacial score (nSPS) is 16.7. The zero-order valence-corrected chi connectivity index (χ0v) is 16.2. The van der Waals surface area contributed by atoms with Crippen molar-refractivity contribution in [2.75, 3.05) is 26.2 Å². The average Bonchev–Trinajstić information content (AvgIpc) is 2.64. The summed E-state index contributed by atoms with van der Waals surface area (Å²) in [5.74, 6) is 0.734. The Morgan fingerprint density at radius 3 is 2.31 bits per heavy atom. The summed E-state index contributed by atoms with van der Waals surface area (Å²) >= 11 is 0. The van der Waals surface area contributed by atoms with Crippen molar-refractivity contribution >= 4 is 10.0 Å². The van der Waals surface area contributed by atoms with Gasteiger partial charge in [-0.1, -0.05) is 48.0 Å². The highest BCUT2D eigenvalue weighted by Gasteiger charge is 2.20. The fraction of sp³-hybridized carbons (Fsp3) is 0.429. The lowest BCUT2D eigenvalue weighted by Gasteiger charge is -2.32. The molecular weight excluding hydrogens is 344 g/mol. The van der Waals surface area contributed by atoms with Gasteiger partial charge < -0.3 is 4.90 Å². The van der Waals surface area contributed by atoms with E-state index in [0.717, 1.165) is 37.5 Å². The second kappa shape index (κ2) is 8.80. The lowest BCUT2D eigenvalue weighted by molar-refractivity contribution is 0.187. The molecule has 0 unspecified atom stereocenters. The first-order chi connectivity index (χ1) is 12.5. The molecule has 0 saturated carbocycles. The van der Waals surface area contributed by atoms with E-state index in [1.54, 1.807) is 12.1 Å². The molecule has 0 radical (unpaired) electrons. The highest BCUT2D eigenvalue weighted by molar-refractivity contribution is 7.89. The van der Waals surface area contributed by atoms with E-state index in [4.69, 9.17) is 0 Å². The van der Waals surface area contributed by atoms with Crippen molar-refractivity contribution < 1.29 is 8.42 Å². The molecule has 0 amide bonds. The maximum Gasteiger partial charge on any atom is 0.240 e. The molecule has 0 aromatic heterocycles. The molecule has 4 nitrogen and oxygen atoms in total. The summed E-state index contributed by atoms with van der Waals surface area (Å²) in [5, 5.41) is 0. The van der Waals surface area contributed by atoms with Crippen LogP contribution in [-0.2, 0) is 16.4 Å². The smallest absolute Gasteiger partial charge is 0.240 e. The topological polar surface area (TPSA) is 49.4 Å². The third-order valence-electron chi connectivity index (χ3n) is 5.13. The zero-order chi connectivity index (χ0) is 18.4. The molecule has 1 fully saturated rings. The molecular formula is C21H28N2O2S. The summed E-state index contributed by atoms with van der Waals surface area (Å²) in [6.45, 7) is 5.27. The van der Waals surface area contributed by atoms with E-state index < -0.39 is 10.0 Å². The van der Waals surface area contributed by atoms with Crippen molar-refractivity contribution in [2.45, 2.75) is 31.1 Å². The van der Waals surface area contributed by atoms with Crippen LogP contribution in [0.25, 0.3) is 0 Å². The van der Waals surface area contributed by atoms with Crippen molar-refractivity contribution in [1.29, 1.82) is 0 Å². The molecule has 2 aromatic carbocycles. The number of rotatable bonds is 7. The Labute approximate surface area is 157 Å². The summed E-state index contributed by atoms with van der Waals surface area (Å²) < 4.78 is 27.3. The number of hydrogen-bond acceptors (Lipinski definition) is 3. The molecule has 1 heterocycles. The molecule has 3 rings (SSSR count). The Hall–Kier alpha value is -1.69. The summed E-state index contributed by atoms with van der Waals surface area (Å²) in [7, 11) is -3.41. The number of likely N-dealkylation sites (tertiary alicyclic amines) is 1. The Morgan fingerprint density at radius 2 is 1.65 bits per heavy atom. The van der Waals surface area contributed by atoms with E-state index in [9.17, 15) is 8.42 Å². The second-order valence-corrected chi connectivity index (χ2v) is 8.95. The number of nitrogens with zero attached hydrogens (tertiary/aromatic N) is 1. The van der Waals surface area contributed by atoms with Crippen LogP contribution in [0.4, 0.5) is 0 Å². The third kappa shape index (κ3) is 5.40. The quantitative estimate of drug-likeness (QED) is 0.812. The zero-order valence-electron chi connectivity index (χ0n) is 15.4. The Balaban J connectivity index is 1.40.